The van der Waals surface area contributed by atoms with Gasteiger partial charge in [-0.25, -0.2) is 9.97 Å². The van der Waals surface area contributed by atoms with Crippen LogP contribution in [0.25, 0.3) is 64.1 Å². The first-order valence-corrected chi connectivity index (χ1v) is 14.8. The lowest BCUT2D eigenvalue weighted by molar-refractivity contribution is 0.560. The van der Waals surface area contributed by atoms with Gasteiger partial charge in [0.05, 0.1) is 11.0 Å². The summed E-state index contributed by atoms with van der Waals surface area (Å²) in [6.07, 6.45) is 5.05. The van der Waals surface area contributed by atoms with Gasteiger partial charge in [-0.15, -0.1) is 9.97 Å². The summed E-state index contributed by atoms with van der Waals surface area (Å²) in [6.45, 7) is 20.5. The first-order chi connectivity index (χ1) is 22.0. The molecule has 0 bridgehead atoms. The predicted octanol–water partition coefficient (Wildman–Crippen LogP) is 8.54. The molecule has 0 atom stereocenters. The number of nitrogens with zero attached hydrogens (tertiary/aromatic N) is 9. The lowest BCUT2D eigenvalue weighted by atomic mass is 9.88. The van der Waals surface area contributed by atoms with Gasteiger partial charge >= 0.3 is 0 Å². The zero-order valence-electron chi connectivity index (χ0n) is 24.8. The summed E-state index contributed by atoms with van der Waals surface area (Å²) in [5.41, 5.74) is 5.82. The molecule has 0 spiro atoms. The molecule has 7 rings (SSSR count). The monoisotopic (exact) mass is 583 g/mol. The second-order valence-electron chi connectivity index (χ2n) is 11.3. The van der Waals surface area contributed by atoms with Crippen molar-refractivity contribution in [2.45, 2.75) is 52.5 Å². The molecule has 0 N–H and O–H groups in total. The van der Waals surface area contributed by atoms with Crippen molar-refractivity contribution in [1.82, 2.24) is 24.5 Å². The van der Waals surface area contributed by atoms with Gasteiger partial charge in [-0.05, 0) is 62.9 Å². The molecule has 0 amide bonds. The number of aryl methyl sites for hydroxylation is 3. The summed E-state index contributed by atoms with van der Waals surface area (Å²) in [4.78, 5) is 25.7. The predicted molar refractivity (Wildman–Crippen MR) is 174 cm³/mol. The second kappa shape index (κ2) is 10.8. The normalized spacial score (nSPS) is 11.3. The van der Waals surface area contributed by atoms with Gasteiger partial charge in [0.1, 0.15) is 12.1 Å². The Morgan fingerprint density at radius 1 is 0.644 bits per heavy atom. The van der Waals surface area contributed by atoms with E-state index in [1.54, 1.807) is 0 Å². The van der Waals surface area contributed by atoms with Crippen molar-refractivity contribution >= 4 is 66.0 Å². The Morgan fingerprint density at radius 3 is 1.80 bits per heavy atom. The largest absolute Gasteiger partial charge is 0.370 e. The number of benzene rings is 4. The molecule has 0 aliphatic heterocycles. The van der Waals surface area contributed by atoms with Crippen molar-refractivity contribution in [3.8, 4) is 12.1 Å². The average molecular weight is 584 g/mol. The van der Waals surface area contributed by atoms with Crippen molar-refractivity contribution in [1.29, 1.82) is 10.5 Å². The van der Waals surface area contributed by atoms with Gasteiger partial charge in [-0.1, -0.05) is 44.2 Å². The average Bonchev–Trinajstić information content (AvgIpc) is 3.40. The second-order valence-corrected chi connectivity index (χ2v) is 11.3. The van der Waals surface area contributed by atoms with E-state index in [1.165, 1.54) is 11.4 Å². The van der Waals surface area contributed by atoms with E-state index in [-0.39, 0.29) is 23.0 Å². The fraction of sp³-hybridized carbons (Fsp3) is 0.222. The molecule has 9 nitrogen and oxygen atoms in total. The van der Waals surface area contributed by atoms with Crippen molar-refractivity contribution in [2.24, 2.45) is 0 Å². The molecular weight excluding hydrogens is 558 g/mol. The zero-order valence-corrected chi connectivity index (χ0v) is 24.8. The highest BCUT2D eigenvalue weighted by Gasteiger charge is 2.26. The van der Waals surface area contributed by atoms with Gasteiger partial charge in [-0.2, -0.15) is 10.5 Å². The molecule has 3 aromatic heterocycles. The van der Waals surface area contributed by atoms with Crippen LogP contribution in [-0.4, -0.2) is 24.5 Å². The van der Waals surface area contributed by atoms with E-state index >= 15 is 0 Å². The Bertz CT molecular complexity index is 2480. The number of aromatic nitrogens is 5. The van der Waals surface area contributed by atoms with Gasteiger partial charge in [0.15, 0.2) is 11.4 Å². The van der Waals surface area contributed by atoms with E-state index < -0.39 is 0 Å². The van der Waals surface area contributed by atoms with E-state index in [4.69, 9.17) is 18.1 Å². The van der Waals surface area contributed by atoms with Crippen molar-refractivity contribution < 1.29 is 0 Å². The van der Waals surface area contributed by atoms with Crippen LogP contribution < -0.4 is 0 Å². The molecule has 4 aromatic carbocycles. The van der Waals surface area contributed by atoms with Crippen molar-refractivity contribution in [3.63, 3.8) is 0 Å². The molecule has 7 aromatic rings. The molecule has 0 fully saturated rings. The Labute approximate surface area is 259 Å². The Balaban J connectivity index is 1.42. The summed E-state index contributed by atoms with van der Waals surface area (Å²) >= 11 is 0. The minimum atomic E-state index is -0.0369. The van der Waals surface area contributed by atoms with Crippen LogP contribution in [0.3, 0.4) is 0 Å². The van der Waals surface area contributed by atoms with Gasteiger partial charge in [-0.3, -0.25) is 0 Å². The summed E-state index contributed by atoms with van der Waals surface area (Å²) in [5.74, 6) is -0.0712. The number of fused-ring (bicyclic) bond motifs is 6. The Hall–Kier alpha value is -6.16. The van der Waals surface area contributed by atoms with Gasteiger partial charge in [0.25, 0.3) is 11.6 Å². The van der Waals surface area contributed by atoms with Crippen molar-refractivity contribution in [3.05, 3.63) is 93.6 Å². The third-order valence-electron chi connectivity index (χ3n) is 8.78. The van der Waals surface area contributed by atoms with Crippen LogP contribution in [0.5, 0.6) is 0 Å². The summed E-state index contributed by atoms with van der Waals surface area (Å²) < 4.78 is 2.36. The van der Waals surface area contributed by atoms with Crippen LogP contribution in [-0.2, 0) is 13.0 Å². The third-order valence-corrected chi connectivity index (χ3v) is 8.78. The Kier molecular flexibility index (Phi) is 6.66. The summed E-state index contributed by atoms with van der Waals surface area (Å²) in [5, 5.41) is 24.7. The van der Waals surface area contributed by atoms with E-state index in [0.717, 1.165) is 76.5 Å². The topological polar surface area (TPSA) is 113 Å². The quantitative estimate of drug-likeness (QED) is 0.0804. The number of hydrogen-bond donors (Lipinski definition) is 0. The number of rotatable bonds is 7. The van der Waals surface area contributed by atoms with Crippen LogP contribution in [0.4, 0.5) is 11.6 Å². The Morgan fingerprint density at radius 2 is 1.20 bits per heavy atom. The van der Waals surface area contributed by atoms with Crippen LogP contribution in [0.15, 0.2) is 42.5 Å². The van der Waals surface area contributed by atoms with Crippen LogP contribution in [0.1, 0.15) is 54.0 Å². The lowest BCUT2D eigenvalue weighted by Crippen LogP contribution is -2.02. The molecule has 9 heteroatoms. The van der Waals surface area contributed by atoms with Crippen LogP contribution in [0.2, 0.25) is 0 Å². The molecule has 0 radical (unpaired) electrons. The summed E-state index contributed by atoms with van der Waals surface area (Å²) in [7, 11) is 0. The molecule has 0 unspecified atom stereocenters. The minimum Gasteiger partial charge on any atom is -0.370 e. The SMILES string of the molecule is [C-]#[N+]c1nc2c3cccc4c5nc(C#N)c(C#N)nc5c5c(CCCCCCn6c(C)ccc6C)ccc(c2nc1[N+]#[C-])c5c34. The first-order valence-electron chi connectivity index (χ1n) is 14.8. The van der Waals surface area contributed by atoms with Crippen LogP contribution >= 0.6 is 0 Å². The highest BCUT2D eigenvalue weighted by molar-refractivity contribution is 6.38. The number of unbranched alkanes of at least 4 members (excludes halogenated alkanes) is 3. The third kappa shape index (κ3) is 4.26. The maximum Gasteiger partial charge on any atom is 0.294 e. The molecule has 45 heavy (non-hydrogen) atoms. The van der Waals surface area contributed by atoms with E-state index in [0.29, 0.717) is 22.1 Å². The highest BCUT2D eigenvalue weighted by atomic mass is 15.0. The minimum absolute atomic E-state index is 0.0111. The fourth-order valence-corrected chi connectivity index (χ4v) is 6.69. The number of nitriles is 2. The maximum absolute atomic E-state index is 9.86. The van der Waals surface area contributed by atoms with E-state index in [9.17, 15) is 10.5 Å². The first kappa shape index (κ1) is 27.7. The molecule has 214 valence electrons. The molecule has 0 aliphatic carbocycles. The van der Waals surface area contributed by atoms with Gasteiger partial charge in [0, 0.05) is 50.2 Å². The standard InChI is InChI=1S/C36H25N9/c1-20-13-14-21(2)45(20)17-8-6-5-7-10-22-15-16-25-30-28(22)34-33(41-26(18-37)27(19-38)42-34)24-12-9-11-23(29(24)30)31-32(25)44-36(40-4)35(39-3)43-31/h9,11-16H,5-8,10,17H2,1-2H3. The number of hydrogen-bond acceptors (Lipinski definition) is 6. The fourth-order valence-electron chi connectivity index (χ4n) is 6.69. The van der Waals surface area contributed by atoms with Gasteiger partial charge < -0.3 is 14.3 Å². The highest BCUT2D eigenvalue weighted by Crippen LogP contribution is 2.45. The van der Waals surface area contributed by atoms with Crippen LogP contribution in [0, 0.1) is 49.7 Å². The maximum atomic E-state index is 9.86. The molecule has 0 saturated heterocycles. The molecule has 0 saturated carbocycles. The van der Waals surface area contributed by atoms with E-state index in [1.807, 2.05) is 30.3 Å². The van der Waals surface area contributed by atoms with Gasteiger partial charge in [0.2, 0.25) is 11.0 Å². The lowest BCUT2D eigenvalue weighted by Gasteiger charge is -2.17. The molecular formula is C36H25N9. The molecule has 0 aliphatic rings. The zero-order chi connectivity index (χ0) is 31.2. The van der Waals surface area contributed by atoms with E-state index in [2.05, 4.69) is 67.3 Å². The smallest absolute Gasteiger partial charge is 0.294 e. The summed E-state index contributed by atoms with van der Waals surface area (Å²) in [6, 6.07) is 18.3. The molecule has 3 heterocycles. The van der Waals surface area contributed by atoms with Crippen molar-refractivity contribution in [2.75, 3.05) is 0 Å².